The molecule has 1 rings (SSSR count). The van der Waals surface area contributed by atoms with E-state index in [1.54, 1.807) is 26.5 Å². The van der Waals surface area contributed by atoms with Crippen LogP contribution in [0.2, 0.25) is 0 Å². The zero-order chi connectivity index (χ0) is 13.9. The van der Waals surface area contributed by atoms with Crippen LogP contribution in [0.3, 0.4) is 0 Å². The lowest BCUT2D eigenvalue weighted by molar-refractivity contribution is 0.146. The molecule has 0 spiro atoms. The van der Waals surface area contributed by atoms with Crippen molar-refractivity contribution in [2.45, 2.75) is 13.0 Å². The predicted octanol–water partition coefficient (Wildman–Crippen LogP) is 1.83. The Morgan fingerprint density at radius 2 is 2.11 bits per heavy atom. The fraction of sp³-hybridized carbons (Fsp3) is 0.615. The van der Waals surface area contributed by atoms with E-state index < -0.39 is 0 Å². The zero-order valence-electron chi connectivity index (χ0n) is 11.4. The van der Waals surface area contributed by atoms with E-state index in [-0.39, 0.29) is 0 Å². The zero-order valence-corrected chi connectivity index (χ0v) is 12.2. The van der Waals surface area contributed by atoms with Crippen molar-refractivity contribution in [2.75, 3.05) is 39.9 Å². The van der Waals surface area contributed by atoms with Crippen LogP contribution in [-0.4, -0.2) is 44.8 Å². The van der Waals surface area contributed by atoms with Crippen LogP contribution in [0.4, 0.5) is 0 Å². The number of alkyl halides is 1. The first kappa shape index (κ1) is 16.0. The molecule has 0 saturated heterocycles. The third kappa shape index (κ3) is 5.63. The van der Waals surface area contributed by atoms with Crippen molar-refractivity contribution in [3.63, 3.8) is 0 Å². The highest BCUT2D eigenvalue weighted by Gasteiger charge is 2.09. The van der Waals surface area contributed by atoms with Gasteiger partial charge in [-0.05, 0) is 13.0 Å². The average molecular weight is 289 g/mol. The highest BCUT2D eigenvalue weighted by Crippen LogP contribution is 2.28. The molecule has 0 aliphatic heterocycles. The minimum atomic E-state index is 0.540. The van der Waals surface area contributed by atoms with Gasteiger partial charge in [0.2, 0.25) is 0 Å². The Morgan fingerprint density at radius 3 is 2.79 bits per heavy atom. The van der Waals surface area contributed by atoms with Crippen LogP contribution < -0.4 is 14.8 Å². The molecule has 0 saturated carbocycles. The summed E-state index contributed by atoms with van der Waals surface area (Å²) in [4.78, 5) is 4.29. The lowest BCUT2D eigenvalue weighted by atomic mass is 10.3. The Hall–Kier alpha value is -1.04. The number of pyridine rings is 1. The maximum absolute atomic E-state index is 5.51. The van der Waals surface area contributed by atoms with E-state index in [1.807, 2.05) is 0 Å². The van der Waals surface area contributed by atoms with Crippen LogP contribution in [0.25, 0.3) is 0 Å². The molecular formula is C13H21ClN2O3. The second kappa shape index (κ2) is 9.83. The molecule has 0 aliphatic carbocycles. The van der Waals surface area contributed by atoms with E-state index in [0.29, 0.717) is 37.1 Å². The van der Waals surface area contributed by atoms with Crippen molar-refractivity contribution in [3.05, 3.63) is 18.0 Å². The molecule has 1 heterocycles. The molecule has 6 heteroatoms. The first-order chi connectivity index (χ1) is 9.33. The summed E-state index contributed by atoms with van der Waals surface area (Å²) in [6.07, 6.45) is 2.64. The molecule has 0 bridgehead atoms. The van der Waals surface area contributed by atoms with Gasteiger partial charge in [0.05, 0.1) is 26.5 Å². The number of halogens is 1. The Kier molecular flexibility index (Phi) is 8.29. The molecule has 1 aromatic heterocycles. The van der Waals surface area contributed by atoms with Gasteiger partial charge in [0.25, 0.3) is 0 Å². The molecule has 0 amide bonds. The van der Waals surface area contributed by atoms with Gasteiger partial charge in [-0.2, -0.15) is 0 Å². The fourth-order valence-corrected chi connectivity index (χ4v) is 1.75. The van der Waals surface area contributed by atoms with Gasteiger partial charge in [-0.1, -0.05) is 0 Å². The van der Waals surface area contributed by atoms with Crippen molar-refractivity contribution in [3.8, 4) is 11.5 Å². The Morgan fingerprint density at radius 1 is 1.26 bits per heavy atom. The van der Waals surface area contributed by atoms with Crippen LogP contribution >= 0.6 is 11.6 Å². The Bertz CT molecular complexity index is 364. The monoisotopic (exact) mass is 288 g/mol. The second-order valence-corrected chi connectivity index (χ2v) is 4.20. The molecule has 108 valence electrons. The van der Waals surface area contributed by atoms with Crippen LogP contribution in [0.5, 0.6) is 11.5 Å². The molecule has 19 heavy (non-hydrogen) atoms. The van der Waals surface area contributed by atoms with Gasteiger partial charge in [-0.25, -0.2) is 0 Å². The third-order valence-corrected chi connectivity index (χ3v) is 2.68. The third-order valence-electron chi connectivity index (χ3n) is 2.52. The number of methoxy groups -OCH3 is 2. The minimum absolute atomic E-state index is 0.540. The van der Waals surface area contributed by atoms with Gasteiger partial charge in [0, 0.05) is 31.3 Å². The van der Waals surface area contributed by atoms with Gasteiger partial charge < -0.3 is 19.5 Å². The van der Waals surface area contributed by atoms with E-state index in [4.69, 9.17) is 25.8 Å². The molecule has 1 aromatic rings. The van der Waals surface area contributed by atoms with E-state index in [2.05, 4.69) is 10.3 Å². The number of hydrogen-bond donors (Lipinski definition) is 1. The molecule has 0 aliphatic rings. The predicted molar refractivity (Wildman–Crippen MR) is 75.2 cm³/mol. The molecule has 0 radical (unpaired) electrons. The number of ether oxygens (including phenoxy) is 3. The van der Waals surface area contributed by atoms with E-state index in [0.717, 1.165) is 18.7 Å². The average Bonchev–Trinajstić information content (AvgIpc) is 2.45. The van der Waals surface area contributed by atoms with Crippen molar-refractivity contribution in [1.29, 1.82) is 0 Å². The summed E-state index contributed by atoms with van der Waals surface area (Å²) < 4.78 is 15.8. The lowest BCUT2D eigenvalue weighted by Gasteiger charge is -2.12. The standard InChI is InChI=1S/C13H21ClN2O3/c1-17-12-4-7-16-11(13(12)18-2)10-15-6-3-8-19-9-5-14/h4,7,15H,3,5-6,8-10H2,1-2H3. The van der Waals surface area contributed by atoms with Crippen molar-refractivity contribution >= 4 is 11.6 Å². The fourth-order valence-electron chi connectivity index (χ4n) is 1.64. The van der Waals surface area contributed by atoms with Crippen molar-refractivity contribution in [1.82, 2.24) is 10.3 Å². The number of hydrogen-bond acceptors (Lipinski definition) is 5. The second-order valence-electron chi connectivity index (χ2n) is 3.82. The normalized spacial score (nSPS) is 10.5. The largest absolute Gasteiger partial charge is 0.493 e. The van der Waals surface area contributed by atoms with E-state index in [1.165, 1.54) is 0 Å². The Balaban J connectivity index is 2.33. The quantitative estimate of drug-likeness (QED) is 0.526. The van der Waals surface area contributed by atoms with Crippen LogP contribution in [-0.2, 0) is 11.3 Å². The number of aromatic nitrogens is 1. The maximum atomic E-state index is 5.51. The topological polar surface area (TPSA) is 52.6 Å². The minimum Gasteiger partial charge on any atom is -0.493 e. The van der Waals surface area contributed by atoms with Gasteiger partial charge in [-0.3, -0.25) is 4.98 Å². The van der Waals surface area contributed by atoms with E-state index in [9.17, 15) is 0 Å². The first-order valence-electron chi connectivity index (χ1n) is 6.23. The first-order valence-corrected chi connectivity index (χ1v) is 6.77. The number of nitrogens with zero attached hydrogens (tertiary/aromatic N) is 1. The smallest absolute Gasteiger partial charge is 0.183 e. The summed E-state index contributed by atoms with van der Waals surface area (Å²) in [5, 5.41) is 3.29. The summed E-state index contributed by atoms with van der Waals surface area (Å²) in [6.45, 7) is 2.80. The lowest BCUT2D eigenvalue weighted by Crippen LogP contribution is -2.18. The highest BCUT2D eigenvalue weighted by molar-refractivity contribution is 6.17. The van der Waals surface area contributed by atoms with Gasteiger partial charge in [-0.15, -0.1) is 11.6 Å². The summed E-state index contributed by atoms with van der Waals surface area (Å²) in [7, 11) is 3.23. The Labute approximate surface area is 119 Å². The molecule has 1 N–H and O–H groups in total. The van der Waals surface area contributed by atoms with Crippen LogP contribution in [0.1, 0.15) is 12.1 Å². The number of rotatable bonds is 10. The molecule has 0 unspecified atom stereocenters. The van der Waals surface area contributed by atoms with Gasteiger partial charge in [0.1, 0.15) is 0 Å². The van der Waals surface area contributed by atoms with Crippen LogP contribution in [0.15, 0.2) is 12.3 Å². The van der Waals surface area contributed by atoms with E-state index >= 15 is 0 Å². The summed E-state index contributed by atoms with van der Waals surface area (Å²) in [6, 6.07) is 1.78. The maximum Gasteiger partial charge on any atom is 0.183 e. The van der Waals surface area contributed by atoms with Crippen molar-refractivity contribution in [2.24, 2.45) is 0 Å². The number of nitrogens with one attached hydrogen (secondary N) is 1. The van der Waals surface area contributed by atoms with Gasteiger partial charge in [0.15, 0.2) is 11.5 Å². The highest BCUT2D eigenvalue weighted by atomic mass is 35.5. The molecule has 0 atom stereocenters. The van der Waals surface area contributed by atoms with Crippen LogP contribution in [0, 0.1) is 0 Å². The summed E-state index contributed by atoms with van der Waals surface area (Å²) in [5.41, 5.74) is 0.837. The molecule has 0 aromatic carbocycles. The van der Waals surface area contributed by atoms with Gasteiger partial charge >= 0.3 is 0 Å². The molecule has 0 fully saturated rings. The SMILES string of the molecule is COc1ccnc(CNCCCOCCCl)c1OC. The molecular weight excluding hydrogens is 268 g/mol. The van der Waals surface area contributed by atoms with Crippen molar-refractivity contribution < 1.29 is 14.2 Å². The summed E-state index contributed by atoms with van der Waals surface area (Å²) >= 11 is 5.51. The summed E-state index contributed by atoms with van der Waals surface area (Å²) in [5.74, 6) is 1.91. The molecule has 5 nitrogen and oxygen atoms in total.